The maximum atomic E-state index is 14.7. The van der Waals surface area contributed by atoms with Gasteiger partial charge in [-0.2, -0.15) is 0 Å². The highest BCUT2D eigenvalue weighted by atomic mass is 32.2. The van der Waals surface area contributed by atoms with Crippen molar-refractivity contribution >= 4 is 38.2 Å². The van der Waals surface area contributed by atoms with Crippen LogP contribution in [0.1, 0.15) is 24.3 Å². The van der Waals surface area contributed by atoms with Gasteiger partial charge in [0.2, 0.25) is 10.0 Å². The molecule has 62 heavy (non-hydrogen) atoms. The molecule has 2 aromatic heterocycles. The van der Waals surface area contributed by atoms with E-state index in [0.717, 1.165) is 12.1 Å². The second-order valence-corrected chi connectivity index (χ2v) is 15.4. The normalized spacial score (nSPS) is 11.6. The summed E-state index contributed by atoms with van der Waals surface area (Å²) in [7, 11) is -2.20. The molecule has 0 radical (unpaired) electrons. The van der Waals surface area contributed by atoms with Crippen LogP contribution < -0.4 is 25.1 Å². The summed E-state index contributed by atoms with van der Waals surface area (Å²) in [6, 6.07) is 15.3. The third kappa shape index (κ3) is 14.6. The van der Waals surface area contributed by atoms with Crippen LogP contribution >= 0.6 is 0 Å². The number of halogens is 2. The Kier molecular flexibility index (Phi) is 18.7. The Labute approximate surface area is 358 Å². The zero-order chi connectivity index (χ0) is 44.3. The number of carbonyl (C=O) groups is 1. The van der Waals surface area contributed by atoms with E-state index in [9.17, 15) is 26.8 Å². The first-order valence-corrected chi connectivity index (χ1v) is 21.6. The van der Waals surface area contributed by atoms with Crippen molar-refractivity contribution in [3.05, 3.63) is 101 Å². The van der Waals surface area contributed by atoms with Gasteiger partial charge in [-0.15, -0.1) is 0 Å². The lowest BCUT2D eigenvalue weighted by Crippen LogP contribution is -2.17. The quantitative estimate of drug-likeness (QED) is 0.0490. The summed E-state index contributed by atoms with van der Waals surface area (Å²) in [5.41, 5.74) is 0.874. The summed E-state index contributed by atoms with van der Waals surface area (Å²) < 4.78 is 101. The maximum Gasteiger partial charge on any atom is 0.274 e. The molecule has 0 bridgehead atoms. The van der Waals surface area contributed by atoms with Gasteiger partial charge in [-0.1, -0.05) is 0 Å². The van der Waals surface area contributed by atoms with Gasteiger partial charge < -0.3 is 52.8 Å². The molecule has 336 valence electrons. The largest absolute Gasteiger partial charge is 0.491 e. The van der Waals surface area contributed by atoms with Crippen LogP contribution in [0.3, 0.4) is 0 Å². The van der Waals surface area contributed by atoms with Crippen LogP contribution in [0.15, 0.2) is 77.7 Å². The van der Waals surface area contributed by atoms with Crippen molar-refractivity contribution in [1.29, 1.82) is 0 Å². The fourth-order valence-electron chi connectivity index (χ4n) is 5.79. The number of nitrogens with zero attached hydrogens (tertiary/aromatic N) is 1. The molecule has 0 saturated heterocycles. The molecule has 2 heterocycles. The number of fused-ring (bicyclic) bond motifs is 1. The molecule has 0 aliphatic rings. The van der Waals surface area contributed by atoms with Crippen molar-refractivity contribution in [1.82, 2.24) is 9.55 Å². The number of amides is 1. The monoisotopic (exact) mass is 886 g/mol. The molecule has 0 aliphatic heterocycles. The van der Waals surface area contributed by atoms with Crippen LogP contribution in [-0.2, 0) is 45.5 Å². The Morgan fingerprint density at radius 3 is 1.84 bits per heavy atom. The number of aromatic amines is 1. The molecule has 0 fully saturated rings. The number of anilines is 2. The van der Waals surface area contributed by atoms with Gasteiger partial charge in [0.25, 0.3) is 11.5 Å². The SMILES string of the molecule is CCOCCOCCOCCOCCOCCOCCOc1ccc(NC(=O)c2cc3c(-c4cc(NS(=O)(=O)CC)ccc4Oc4ccc(F)cc4F)cn(C)c(=O)c3[nH]2)cc1. The van der Waals surface area contributed by atoms with E-state index in [1.165, 1.54) is 49.0 Å². The average Bonchev–Trinajstić information content (AvgIpc) is 3.71. The Bertz CT molecular complexity index is 2380. The van der Waals surface area contributed by atoms with E-state index in [-0.39, 0.29) is 46.3 Å². The number of H-pyrrole nitrogens is 1. The molecular weight excluding hydrogens is 835 g/mol. The van der Waals surface area contributed by atoms with E-state index in [0.29, 0.717) is 108 Å². The van der Waals surface area contributed by atoms with Crippen LogP contribution in [0.4, 0.5) is 20.2 Å². The second-order valence-electron chi connectivity index (χ2n) is 13.4. The first-order valence-electron chi connectivity index (χ1n) is 20.0. The van der Waals surface area contributed by atoms with Gasteiger partial charge in [0, 0.05) is 53.8 Å². The third-order valence-corrected chi connectivity index (χ3v) is 10.2. The van der Waals surface area contributed by atoms with Crippen molar-refractivity contribution in [3.63, 3.8) is 0 Å². The molecule has 1 amide bonds. The van der Waals surface area contributed by atoms with Crippen LogP contribution in [-0.4, -0.2) is 116 Å². The van der Waals surface area contributed by atoms with E-state index in [4.69, 9.17) is 37.9 Å². The van der Waals surface area contributed by atoms with Crippen molar-refractivity contribution in [2.75, 3.05) is 102 Å². The minimum absolute atomic E-state index is 0.0461. The Morgan fingerprint density at radius 1 is 0.694 bits per heavy atom. The number of rotatable bonds is 28. The zero-order valence-corrected chi connectivity index (χ0v) is 35.7. The molecule has 5 rings (SSSR count). The predicted octanol–water partition coefficient (Wildman–Crippen LogP) is 6.12. The van der Waals surface area contributed by atoms with E-state index in [1.807, 2.05) is 6.92 Å². The minimum Gasteiger partial charge on any atom is -0.491 e. The summed E-state index contributed by atoms with van der Waals surface area (Å²) >= 11 is 0. The van der Waals surface area contributed by atoms with Gasteiger partial charge in [0.05, 0.1) is 78.4 Å². The first kappa shape index (κ1) is 47.6. The summed E-state index contributed by atoms with van der Waals surface area (Å²) in [6.07, 6.45) is 1.49. The summed E-state index contributed by atoms with van der Waals surface area (Å²) in [5.74, 6) is -2.20. The molecule has 16 nitrogen and oxygen atoms in total. The Hall–Kier alpha value is -5.41. The smallest absolute Gasteiger partial charge is 0.274 e. The lowest BCUT2D eigenvalue weighted by molar-refractivity contribution is -0.0173. The fraction of sp³-hybridized carbons (Fsp3) is 0.395. The molecule has 0 atom stereocenters. The molecule has 5 aromatic rings. The van der Waals surface area contributed by atoms with Gasteiger partial charge >= 0.3 is 0 Å². The fourth-order valence-corrected chi connectivity index (χ4v) is 6.42. The van der Waals surface area contributed by atoms with Gasteiger partial charge in [-0.25, -0.2) is 17.2 Å². The molecule has 0 aliphatic carbocycles. The highest BCUT2D eigenvalue weighted by Crippen LogP contribution is 2.39. The lowest BCUT2D eigenvalue weighted by atomic mass is 10.0. The Morgan fingerprint density at radius 2 is 1.26 bits per heavy atom. The van der Waals surface area contributed by atoms with E-state index in [2.05, 4.69) is 15.0 Å². The standard InChI is InChI=1S/C43H52F2N4O12S/c1-4-54-14-15-55-16-17-56-18-19-57-20-21-58-22-23-59-24-25-60-33-10-7-31(8-11-33)46-42(50)38-28-35-36(29-49(3)43(51)41(35)47-38)34-27-32(48-62(52,53)5-2)9-13-39(34)61-40-12-6-30(44)26-37(40)45/h6-13,26-29,47-48H,4-5,14-25H2,1-3H3,(H,46,50). The van der Waals surface area contributed by atoms with Gasteiger partial charge in [0.15, 0.2) is 11.6 Å². The molecule has 19 heteroatoms. The van der Waals surface area contributed by atoms with Gasteiger partial charge in [-0.05, 0) is 74.5 Å². The lowest BCUT2D eigenvalue weighted by Gasteiger charge is -2.16. The number of aromatic nitrogens is 2. The van der Waals surface area contributed by atoms with Crippen molar-refractivity contribution in [3.8, 4) is 28.4 Å². The second kappa shape index (κ2) is 24.3. The number of sulfonamides is 1. The van der Waals surface area contributed by atoms with E-state index >= 15 is 0 Å². The first-order chi connectivity index (χ1) is 30.0. The number of benzene rings is 3. The van der Waals surface area contributed by atoms with Crippen molar-refractivity contribution in [2.45, 2.75) is 13.8 Å². The molecular formula is C43H52F2N4O12S. The number of carbonyl (C=O) groups excluding carboxylic acids is 1. The van der Waals surface area contributed by atoms with E-state index in [1.54, 1.807) is 24.3 Å². The molecule has 0 unspecified atom stereocenters. The zero-order valence-electron chi connectivity index (χ0n) is 34.8. The highest BCUT2D eigenvalue weighted by molar-refractivity contribution is 7.92. The topological polar surface area (TPSA) is 187 Å². The highest BCUT2D eigenvalue weighted by Gasteiger charge is 2.21. The molecule has 3 N–H and O–H groups in total. The van der Waals surface area contributed by atoms with Gasteiger partial charge in [0.1, 0.15) is 35.1 Å². The summed E-state index contributed by atoms with van der Waals surface area (Å²) in [5, 5.41) is 3.09. The minimum atomic E-state index is -3.70. The predicted molar refractivity (Wildman–Crippen MR) is 229 cm³/mol. The Balaban J connectivity index is 1.11. The molecule has 0 spiro atoms. The van der Waals surface area contributed by atoms with Gasteiger partial charge in [-0.3, -0.25) is 14.3 Å². The number of ether oxygens (including phenoxy) is 8. The maximum absolute atomic E-state index is 14.7. The number of nitrogens with one attached hydrogen (secondary N) is 3. The average molecular weight is 887 g/mol. The van der Waals surface area contributed by atoms with Crippen LogP contribution in [0.2, 0.25) is 0 Å². The summed E-state index contributed by atoms with van der Waals surface area (Å²) in [4.78, 5) is 29.7. The number of aryl methyl sites for hydroxylation is 1. The van der Waals surface area contributed by atoms with Crippen LogP contribution in [0.5, 0.6) is 17.2 Å². The van der Waals surface area contributed by atoms with Crippen LogP contribution in [0.25, 0.3) is 22.0 Å². The number of hydrogen-bond acceptors (Lipinski definition) is 12. The third-order valence-electron chi connectivity index (χ3n) is 8.92. The van der Waals surface area contributed by atoms with Crippen LogP contribution in [0, 0.1) is 11.6 Å². The summed E-state index contributed by atoms with van der Waals surface area (Å²) in [6.45, 7) is 9.49. The van der Waals surface area contributed by atoms with Crippen molar-refractivity contribution < 1.29 is 59.9 Å². The number of hydrogen-bond donors (Lipinski definition) is 3. The number of pyridine rings is 1. The van der Waals surface area contributed by atoms with Crippen molar-refractivity contribution in [2.24, 2.45) is 7.05 Å². The molecule has 3 aromatic carbocycles. The molecule has 0 saturated carbocycles. The van der Waals surface area contributed by atoms with E-state index < -0.39 is 33.1 Å².